The molecule has 0 unspecified atom stereocenters. The normalized spacial score (nSPS) is 10.4. The average molecular weight is 188 g/mol. The van der Waals surface area contributed by atoms with Crippen LogP contribution in [0, 0.1) is 20.8 Å². The lowest BCUT2D eigenvalue weighted by Gasteiger charge is -2.11. The van der Waals surface area contributed by atoms with Crippen molar-refractivity contribution in [2.75, 3.05) is 0 Å². The lowest BCUT2D eigenvalue weighted by Crippen LogP contribution is -2.03. The molecule has 0 heterocycles. The molecule has 0 aliphatic carbocycles. The summed E-state index contributed by atoms with van der Waals surface area (Å²) in [6, 6.07) is 4.54. The highest BCUT2D eigenvalue weighted by molar-refractivity contribution is 6.55. The fourth-order valence-electron chi connectivity index (χ4n) is 1.73. The van der Waals surface area contributed by atoms with Gasteiger partial charge < -0.3 is 0 Å². The summed E-state index contributed by atoms with van der Waals surface area (Å²) >= 11 is 0. The molecule has 1 rings (SSSR count). The Morgan fingerprint density at radius 3 is 2.21 bits per heavy atom. The summed E-state index contributed by atoms with van der Waals surface area (Å²) in [5, 5.41) is 0. The van der Waals surface area contributed by atoms with Crippen LogP contribution in [0.15, 0.2) is 12.1 Å². The van der Waals surface area contributed by atoms with E-state index < -0.39 is 0 Å². The minimum Gasteiger partial charge on any atom is -0.0863 e. The van der Waals surface area contributed by atoms with Gasteiger partial charge in [0, 0.05) is 0 Å². The molecule has 14 heavy (non-hydrogen) atoms. The minimum absolute atomic E-state index is 0.802. The van der Waals surface area contributed by atoms with Crippen molar-refractivity contribution < 1.29 is 0 Å². The maximum absolute atomic E-state index is 2.29. The fraction of sp³-hybridized carbons (Fsp3) is 0.538. The summed E-state index contributed by atoms with van der Waals surface area (Å²) in [5.41, 5.74) is 5.90. The van der Waals surface area contributed by atoms with Gasteiger partial charge in [-0.1, -0.05) is 32.1 Å². The molecule has 0 nitrogen and oxygen atoms in total. The lowest BCUT2D eigenvalue weighted by atomic mass is 9.51. The number of aryl methyl sites for hydroxylation is 2. The van der Waals surface area contributed by atoms with Gasteiger partial charge in [-0.2, -0.15) is 0 Å². The van der Waals surface area contributed by atoms with Crippen LogP contribution in [0.1, 0.15) is 22.3 Å². The maximum Gasteiger partial charge on any atom is 0.133 e. The zero-order chi connectivity index (χ0) is 10.7. The van der Waals surface area contributed by atoms with E-state index in [0.29, 0.717) is 0 Å². The van der Waals surface area contributed by atoms with Crippen molar-refractivity contribution >= 4 is 6.71 Å². The zero-order valence-corrected chi connectivity index (χ0v) is 10.1. The van der Waals surface area contributed by atoms with E-state index in [2.05, 4.69) is 46.6 Å². The third-order valence-electron chi connectivity index (χ3n) is 3.16. The first-order valence-corrected chi connectivity index (χ1v) is 5.58. The molecule has 1 heteroatoms. The second kappa shape index (κ2) is 4.68. The van der Waals surface area contributed by atoms with Gasteiger partial charge in [0.25, 0.3) is 0 Å². The molecule has 0 fully saturated rings. The van der Waals surface area contributed by atoms with Crippen LogP contribution >= 0.6 is 0 Å². The van der Waals surface area contributed by atoms with Crippen LogP contribution in [0.2, 0.25) is 20.0 Å². The van der Waals surface area contributed by atoms with E-state index in [9.17, 15) is 0 Å². The Hall–Kier alpha value is -0.715. The number of hydrogen-bond acceptors (Lipinski definition) is 0. The second-order valence-corrected chi connectivity index (χ2v) is 4.72. The summed E-state index contributed by atoms with van der Waals surface area (Å²) in [5.74, 6) is 0. The van der Waals surface area contributed by atoms with Gasteiger partial charge in [-0.15, -0.1) is 0 Å². The van der Waals surface area contributed by atoms with Gasteiger partial charge >= 0.3 is 0 Å². The van der Waals surface area contributed by atoms with Gasteiger partial charge in [0.2, 0.25) is 0 Å². The van der Waals surface area contributed by atoms with Crippen LogP contribution in [0.5, 0.6) is 0 Å². The molecular weight excluding hydrogens is 167 g/mol. The molecule has 1 aromatic carbocycles. The van der Waals surface area contributed by atoms with Crippen molar-refractivity contribution in [3.63, 3.8) is 0 Å². The monoisotopic (exact) mass is 188 g/mol. The van der Waals surface area contributed by atoms with E-state index in [-0.39, 0.29) is 0 Å². The Bertz CT molecular complexity index is 313. The van der Waals surface area contributed by atoms with Crippen LogP contribution in [0.3, 0.4) is 0 Å². The highest BCUT2D eigenvalue weighted by Crippen LogP contribution is 2.18. The van der Waals surface area contributed by atoms with Gasteiger partial charge in [0.1, 0.15) is 6.71 Å². The number of hydrogen-bond donors (Lipinski definition) is 0. The van der Waals surface area contributed by atoms with Crippen LogP contribution in [0.25, 0.3) is 0 Å². The highest BCUT2D eigenvalue weighted by atomic mass is 14.1. The molecule has 0 amide bonds. The van der Waals surface area contributed by atoms with Crippen LogP contribution in [-0.2, 0) is 6.42 Å². The van der Waals surface area contributed by atoms with Crippen LogP contribution in [-0.4, -0.2) is 6.71 Å². The lowest BCUT2D eigenvalue weighted by molar-refractivity contribution is 1.07. The van der Waals surface area contributed by atoms with Gasteiger partial charge in [0.05, 0.1) is 0 Å². The summed E-state index contributed by atoms with van der Waals surface area (Å²) in [6.45, 7) is 12.0. The molecule has 0 aliphatic rings. The molecule has 0 aromatic heterocycles. The van der Waals surface area contributed by atoms with Crippen molar-refractivity contribution in [2.24, 2.45) is 0 Å². The van der Waals surface area contributed by atoms with E-state index >= 15 is 0 Å². The molecule has 0 saturated carbocycles. The third kappa shape index (κ3) is 2.63. The first-order chi connectivity index (χ1) is 6.52. The van der Waals surface area contributed by atoms with Crippen molar-refractivity contribution in [3.8, 4) is 0 Å². The Kier molecular flexibility index (Phi) is 3.80. The summed E-state index contributed by atoms with van der Waals surface area (Å²) in [6.07, 6.45) is 2.52. The summed E-state index contributed by atoms with van der Waals surface area (Å²) in [7, 11) is 0. The molecule has 0 bridgehead atoms. The maximum atomic E-state index is 2.29. The largest absolute Gasteiger partial charge is 0.133 e. The van der Waals surface area contributed by atoms with Crippen molar-refractivity contribution in [3.05, 3.63) is 34.4 Å². The Morgan fingerprint density at radius 1 is 1.00 bits per heavy atom. The molecule has 0 radical (unpaired) electrons. The predicted octanol–water partition coefficient (Wildman–Crippen LogP) is 3.91. The fourth-order valence-corrected chi connectivity index (χ4v) is 1.73. The zero-order valence-electron chi connectivity index (χ0n) is 10.1. The Morgan fingerprint density at radius 2 is 1.64 bits per heavy atom. The van der Waals surface area contributed by atoms with Gasteiger partial charge in [0.15, 0.2) is 0 Å². The molecule has 1 aromatic rings. The smallest absolute Gasteiger partial charge is 0.0863 e. The Balaban J connectivity index is 2.83. The van der Waals surface area contributed by atoms with Crippen LogP contribution < -0.4 is 0 Å². The van der Waals surface area contributed by atoms with E-state index in [0.717, 1.165) is 6.71 Å². The van der Waals surface area contributed by atoms with E-state index in [4.69, 9.17) is 0 Å². The van der Waals surface area contributed by atoms with E-state index in [1.54, 1.807) is 0 Å². The first kappa shape index (κ1) is 11.4. The molecular formula is C13H21B. The minimum atomic E-state index is 0.802. The molecule has 0 N–H and O–H groups in total. The Labute approximate surface area is 88.8 Å². The van der Waals surface area contributed by atoms with Crippen LogP contribution in [0.4, 0.5) is 0 Å². The summed E-state index contributed by atoms with van der Waals surface area (Å²) in [4.78, 5) is 0. The van der Waals surface area contributed by atoms with Gasteiger partial charge in [-0.05, 0) is 49.4 Å². The number of rotatable bonds is 3. The summed E-state index contributed by atoms with van der Waals surface area (Å²) < 4.78 is 0. The number of benzene rings is 1. The second-order valence-electron chi connectivity index (χ2n) is 4.72. The van der Waals surface area contributed by atoms with E-state index in [1.165, 1.54) is 35.0 Å². The molecule has 0 atom stereocenters. The highest BCUT2D eigenvalue weighted by Gasteiger charge is 2.05. The van der Waals surface area contributed by atoms with Gasteiger partial charge in [-0.3, -0.25) is 0 Å². The molecule has 0 spiro atoms. The standard InChI is InChI=1S/C13H21B/c1-10-6-7-13(8-9-14(4)5)12(3)11(10)2/h6-7H,8-9H2,1-5H3. The molecule has 0 saturated heterocycles. The average Bonchev–Trinajstić information content (AvgIpc) is 2.13. The van der Waals surface area contributed by atoms with Gasteiger partial charge in [-0.25, -0.2) is 0 Å². The predicted molar refractivity (Wildman–Crippen MR) is 66.6 cm³/mol. The van der Waals surface area contributed by atoms with E-state index in [1.807, 2.05) is 0 Å². The third-order valence-corrected chi connectivity index (χ3v) is 3.16. The molecule has 76 valence electrons. The van der Waals surface area contributed by atoms with Crippen molar-refractivity contribution in [1.82, 2.24) is 0 Å². The van der Waals surface area contributed by atoms with Crippen molar-refractivity contribution in [2.45, 2.75) is 47.2 Å². The quantitative estimate of drug-likeness (QED) is 0.631. The topological polar surface area (TPSA) is 0 Å². The first-order valence-electron chi connectivity index (χ1n) is 5.58. The SMILES string of the molecule is CB(C)CCc1ccc(C)c(C)c1C. The van der Waals surface area contributed by atoms with Crippen molar-refractivity contribution in [1.29, 1.82) is 0 Å². The molecule has 0 aliphatic heterocycles.